The Balaban J connectivity index is 1.68. The molecule has 3 rings (SSSR count). The number of anilines is 2. The van der Waals surface area contributed by atoms with Gasteiger partial charge in [0.1, 0.15) is 5.69 Å². The van der Waals surface area contributed by atoms with Crippen LogP contribution in [0.1, 0.15) is 16.1 Å². The van der Waals surface area contributed by atoms with E-state index in [0.29, 0.717) is 21.4 Å². The largest absolute Gasteiger partial charge is 0.369 e. The lowest BCUT2D eigenvalue weighted by atomic mass is 10.2. The zero-order valence-corrected chi connectivity index (χ0v) is 15.6. The molecule has 132 valence electrons. The second-order valence-corrected chi connectivity index (χ2v) is 6.67. The van der Waals surface area contributed by atoms with Crippen LogP contribution in [-0.2, 0) is 6.54 Å². The molecular formula is C20H17Cl2N3O. The van der Waals surface area contributed by atoms with Gasteiger partial charge in [-0.05, 0) is 35.9 Å². The van der Waals surface area contributed by atoms with Gasteiger partial charge in [-0.3, -0.25) is 4.79 Å². The molecular weight excluding hydrogens is 369 g/mol. The van der Waals surface area contributed by atoms with Crippen molar-refractivity contribution in [2.45, 2.75) is 6.54 Å². The molecule has 26 heavy (non-hydrogen) atoms. The van der Waals surface area contributed by atoms with Gasteiger partial charge in [-0.25, -0.2) is 4.98 Å². The van der Waals surface area contributed by atoms with Crippen LogP contribution in [0.2, 0.25) is 10.0 Å². The predicted molar refractivity (Wildman–Crippen MR) is 107 cm³/mol. The summed E-state index contributed by atoms with van der Waals surface area (Å²) in [5.41, 5.74) is 2.88. The first kappa shape index (κ1) is 18.2. The number of halogens is 2. The SMILES string of the molecule is CN(Cc1ccccc1)c1ccc(C(=O)Nc2cc(Cl)ccc2Cl)nc1. The monoisotopic (exact) mass is 385 g/mol. The summed E-state index contributed by atoms with van der Waals surface area (Å²) < 4.78 is 0. The first-order valence-corrected chi connectivity index (χ1v) is 8.76. The van der Waals surface area contributed by atoms with Gasteiger partial charge in [0, 0.05) is 18.6 Å². The Bertz CT molecular complexity index is 899. The van der Waals surface area contributed by atoms with E-state index in [0.717, 1.165) is 12.2 Å². The molecule has 0 aliphatic rings. The zero-order chi connectivity index (χ0) is 18.5. The van der Waals surface area contributed by atoms with Gasteiger partial charge >= 0.3 is 0 Å². The van der Waals surface area contributed by atoms with E-state index in [4.69, 9.17) is 23.2 Å². The summed E-state index contributed by atoms with van der Waals surface area (Å²) in [5, 5.41) is 3.64. The molecule has 0 saturated carbocycles. The van der Waals surface area contributed by atoms with Crippen molar-refractivity contribution in [1.29, 1.82) is 0 Å². The van der Waals surface area contributed by atoms with Gasteiger partial charge in [0.15, 0.2) is 0 Å². The van der Waals surface area contributed by atoms with E-state index in [9.17, 15) is 4.79 Å². The smallest absolute Gasteiger partial charge is 0.274 e. The van der Waals surface area contributed by atoms with Gasteiger partial charge in [0.2, 0.25) is 0 Å². The Morgan fingerprint density at radius 1 is 1.08 bits per heavy atom. The van der Waals surface area contributed by atoms with Crippen LogP contribution in [0.15, 0.2) is 66.9 Å². The van der Waals surface area contributed by atoms with Crippen molar-refractivity contribution in [2.75, 3.05) is 17.3 Å². The minimum atomic E-state index is -0.341. The Labute approximate surface area is 162 Å². The molecule has 0 unspecified atom stereocenters. The molecule has 6 heteroatoms. The number of nitrogens with one attached hydrogen (secondary N) is 1. The molecule has 1 aromatic heterocycles. The van der Waals surface area contributed by atoms with Gasteiger partial charge in [-0.2, -0.15) is 0 Å². The number of aromatic nitrogens is 1. The van der Waals surface area contributed by atoms with Crippen molar-refractivity contribution in [3.05, 3.63) is 88.2 Å². The van der Waals surface area contributed by atoms with Gasteiger partial charge in [0.25, 0.3) is 5.91 Å². The van der Waals surface area contributed by atoms with Crippen LogP contribution < -0.4 is 10.2 Å². The van der Waals surface area contributed by atoms with Crippen LogP contribution in [0.4, 0.5) is 11.4 Å². The molecule has 4 nitrogen and oxygen atoms in total. The van der Waals surface area contributed by atoms with Gasteiger partial charge < -0.3 is 10.2 Å². The normalized spacial score (nSPS) is 10.4. The fraction of sp³-hybridized carbons (Fsp3) is 0.100. The molecule has 2 aromatic carbocycles. The summed E-state index contributed by atoms with van der Waals surface area (Å²) in [6, 6.07) is 18.6. The lowest BCUT2D eigenvalue weighted by Crippen LogP contribution is -2.18. The van der Waals surface area contributed by atoms with Crippen LogP contribution >= 0.6 is 23.2 Å². The maximum atomic E-state index is 12.4. The van der Waals surface area contributed by atoms with E-state index < -0.39 is 0 Å². The minimum Gasteiger partial charge on any atom is -0.369 e. The third-order valence-corrected chi connectivity index (χ3v) is 4.43. The van der Waals surface area contributed by atoms with E-state index in [1.165, 1.54) is 5.56 Å². The number of carbonyl (C=O) groups is 1. The van der Waals surface area contributed by atoms with Crippen molar-refractivity contribution in [3.63, 3.8) is 0 Å². The topological polar surface area (TPSA) is 45.2 Å². The summed E-state index contributed by atoms with van der Waals surface area (Å²) in [4.78, 5) is 18.7. The van der Waals surface area contributed by atoms with E-state index in [1.54, 1.807) is 30.5 Å². The number of nitrogens with zero attached hydrogens (tertiary/aromatic N) is 2. The number of carbonyl (C=O) groups excluding carboxylic acids is 1. The summed E-state index contributed by atoms with van der Waals surface area (Å²) in [6.07, 6.45) is 1.68. The van der Waals surface area contributed by atoms with Gasteiger partial charge in [0.05, 0.1) is 22.6 Å². The molecule has 0 aliphatic heterocycles. The van der Waals surface area contributed by atoms with Crippen LogP contribution in [0.25, 0.3) is 0 Å². The Morgan fingerprint density at radius 3 is 2.54 bits per heavy atom. The molecule has 0 radical (unpaired) electrons. The number of hydrogen-bond donors (Lipinski definition) is 1. The fourth-order valence-electron chi connectivity index (χ4n) is 2.47. The zero-order valence-electron chi connectivity index (χ0n) is 14.1. The second-order valence-electron chi connectivity index (χ2n) is 5.82. The first-order chi connectivity index (χ1) is 12.5. The number of pyridine rings is 1. The number of benzene rings is 2. The summed E-state index contributed by atoms with van der Waals surface area (Å²) in [5.74, 6) is -0.341. The molecule has 3 aromatic rings. The Kier molecular flexibility index (Phi) is 5.76. The lowest BCUT2D eigenvalue weighted by molar-refractivity contribution is 0.102. The van der Waals surface area contributed by atoms with Crippen molar-refractivity contribution in [2.24, 2.45) is 0 Å². The van der Waals surface area contributed by atoms with Crippen molar-refractivity contribution in [1.82, 2.24) is 4.98 Å². The predicted octanol–water partition coefficient (Wildman–Crippen LogP) is 5.28. The maximum absolute atomic E-state index is 12.4. The highest BCUT2D eigenvalue weighted by Gasteiger charge is 2.11. The Hall–Kier alpha value is -2.56. The molecule has 0 bridgehead atoms. The third kappa shape index (κ3) is 4.54. The van der Waals surface area contributed by atoms with Crippen molar-refractivity contribution < 1.29 is 4.79 Å². The fourth-order valence-corrected chi connectivity index (χ4v) is 2.81. The van der Waals surface area contributed by atoms with Gasteiger partial charge in [-0.1, -0.05) is 53.5 Å². The number of hydrogen-bond acceptors (Lipinski definition) is 3. The van der Waals surface area contributed by atoms with Crippen molar-refractivity contribution >= 4 is 40.5 Å². The third-order valence-electron chi connectivity index (χ3n) is 3.86. The second kappa shape index (κ2) is 8.21. The highest BCUT2D eigenvalue weighted by molar-refractivity contribution is 6.35. The maximum Gasteiger partial charge on any atom is 0.274 e. The summed E-state index contributed by atoms with van der Waals surface area (Å²) >= 11 is 12.0. The van der Waals surface area contributed by atoms with Crippen molar-refractivity contribution in [3.8, 4) is 0 Å². The Morgan fingerprint density at radius 2 is 1.85 bits per heavy atom. The number of rotatable bonds is 5. The molecule has 0 atom stereocenters. The summed E-state index contributed by atoms with van der Waals surface area (Å²) in [7, 11) is 1.98. The molecule has 0 aliphatic carbocycles. The van der Waals surface area contributed by atoms with Crippen LogP contribution in [0.5, 0.6) is 0 Å². The van der Waals surface area contributed by atoms with Crippen LogP contribution in [0.3, 0.4) is 0 Å². The molecule has 1 amide bonds. The molecule has 1 heterocycles. The number of amides is 1. The minimum absolute atomic E-state index is 0.304. The van der Waals surface area contributed by atoms with E-state index >= 15 is 0 Å². The molecule has 0 saturated heterocycles. The molecule has 1 N–H and O–H groups in total. The molecule has 0 spiro atoms. The van der Waals surface area contributed by atoms with Gasteiger partial charge in [-0.15, -0.1) is 0 Å². The highest BCUT2D eigenvalue weighted by Crippen LogP contribution is 2.26. The van der Waals surface area contributed by atoms with E-state index in [2.05, 4.69) is 27.3 Å². The van der Waals surface area contributed by atoms with E-state index in [-0.39, 0.29) is 5.91 Å². The quantitative estimate of drug-likeness (QED) is 0.649. The van der Waals surface area contributed by atoms with Crippen LogP contribution in [0, 0.1) is 0 Å². The van der Waals surface area contributed by atoms with E-state index in [1.807, 2.05) is 31.3 Å². The standard InChI is InChI=1S/C20H17Cl2N3O/c1-25(13-14-5-3-2-4-6-14)16-8-10-18(23-12-16)20(26)24-19-11-15(21)7-9-17(19)22/h2-12H,13H2,1H3,(H,24,26). The first-order valence-electron chi connectivity index (χ1n) is 8.00. The average molecular weight is 386 g/mol. The lowest BCUT2D eigenvalue weighted by Gasteiger charge is -2.19. The molecule has 0 fully saturated rings. The highest BCUT2D eigenvalue weighted by atomic mass is 35.5. The summed E-state index contributed by atoms with van der Waals surface area (Å²) in [6.45, 7) is 0.756. The van der Waals surface area contributed by atoms with Crippen LogP contribution in [-0.4, -0.2) is 17.9 Å². The average Bonchev–Trinajstić information content (AvgIpc) is 2.65.